The minimum absolute atomic E-state index is 0.589. The van der Waals surface area contributed by atoms with Crippen LogP contribution in [0.2, 0.25) is 0 Å². The standard InChI is InChI=1S/C7H10BrN3/c8-6-4-11(10-7(6)9)3-5-1-2-5/h4-5H,1-3H2,(H2,9,10). The molecule has 0 atom stereocenters. The molecule has 0 unspecified atom stereocenters. The molecule has 2 N–H and O–H groups in total. The van der Waals surface area contributed by atoms with Gasteiger partial charge in [0, 0.05) is 12.7 Å². The molecule has 4 heteroatoms. The van der Waals surface area contributed by atoms with Gasteiger partial charge in [0.2, 0.25) is 0 Å². The van der Waals surface area contributed by atoms with E-state index in [2.05, 4.69) is 21.0 Å². The van der Waals surface area contributed by atoms with Gasteiger partial charge in [0.25, 0.3) is 0 Å². The Morgan fingerprint density at radius 3 is 2.91 bits per heavy atom. The summed E-state index contributed by atoms with van der Waals surface area (Å²) in [5.41, 5.74) is 5.56. The fourth-order valence-electron chi connectivity index (χ4n) is 1.07. The Labute approximate surface area is 73.7 Å². The molecule has 2 rings (SSSR count). The molecule has 1 saturated carbocycles. The van der Waals surface area contributed by atoms with Crippen LogP contribution in [0.15, 0.2) is 10.7 Å². The second-order valence-electron chi connectivity index (χ2n) is 3.03. The molecule has 1 aromatic heterocycles. The minimum atomic E-state index is 0.589. The van der Waals surface area contributed by atoms with Gasteiger partial charge in [0.15, 0.2) is 5.82 Å². The van der Waals surface area contributed by atoms with Crippen molar-refractivity contribution in [3.05, 3.63) is 10.7 Å². The third kappa shape index (κ3) is 1.56. The van der Waals surface area contributed by atoms with Gasteiger partial charge in [-0.05, 0) is 34.7 Å². The second-order valence-corrected chi connectivity index (χ2v) is 3.88. The van der Waals surface area contributed by atoms with E-state index in [1.165, 1.54) is 12.8 Å². The monoisotopic (exact) mass is 215 g/mol. The van der Waals surface area contributed by atoms with Crippen LogP contribution < -0.4 is 5.73 Å². The largest absolute Gasteiger partial charge is 0.381 e. The van der Waals surface area contributed by atoms with Gasteiger partial charge in [-0.3, -0.25) is 4.68 Å². The van der Waals surface area contributed by atoms with Gasteiger partial charge in [-0.25, -0.2) is 0 Å². The molecule has 3 nitrogen and oxygen atoms in total. The Balaban J connectivity index is 2.11. The summed E-state index contributed by atoms with van der Waals surface area (Å²) in [6, 6.07) is 0. The zero-order chi connectivity index (χ0) is 7.84. The van der Waals surface area contributed by atoms with Crippen LogP contribution in [-0.4, -0.2) is 9.78 Å². The number of hydrogen-bond acceptors (Lipinski definition) is 2. The van der Waals surface area contributed by atoms with Crippen LogP contribution in [0, 0.1) is 5.92 Å². The molecule has 0 bridgehead atoms. The fourth-order valence-corrected chi connectivity index (χ4v) is 1.39. The lowest BCUT2D eigenvalue weighted by atomic mass is 10.4. The predicted molar refractivity (Wildman–Crippen MR) is 47.1 cm³/mol. The highest BCUT2D eigenvalue weighted by Crippen LogP contribution is 2.31. The first kappa shape index (κ1) is 7.16. The highest BCUT2D eigenvalue weighted by atomic mass is 79.9. The van der Waals surface area contributed by atoms with Crippen molar-refractivity contribution < 1.29 is 0 Å². The SMILES string of the molecule is Nc1nn(CC2CC2)cc1Br. The summed E-state index contributed by atoms with van der Waals surface area (Å²) < 4.78 is 2.81. The van der Waals surface area contributed by atoms with E-state index in [1.807, 2.05) is 10.9 Å². The molecule has 60 valence electrons. The molecule has 1 aliphatic carbocycles. The first-order valence-electron chi connectivity index (χ1n) is 3.74. The summed E-state index contributed by atoms with van der Waals surface area (Å²) in [6.45, 7) is 1.02. The summed E-state index contributed by atoms with van der Waals surface area (Å²) in [5, 5.41) is 4.14. The van der Waals surface area contributed by atoms with Crippen molar-refractivity contribution in [3.63, 3.8) is 0 Å². The van der Waals surface area contributed by atoms with Gasteiger partial charge in [0.05, 0.1) is 4.47 Å². The maximum atomic E-state index is 5.56. The normalized spacial score (nSPS) is 17.2. The van der Waals surface area contributed by atoms with Crippen molar-refractivity contribution in [1.29, 1.82) is 0 Å². The van der Waals surface area contributed by atoms with E-state index < -0.39 is 0 Å². The van der Waals surface area contributed by atoms with Gasteiger partial charge in [-0.1, -0.05) is 0 Å². The van der Waals surface area contributed by atoms with Crippen molar-refractivity contribution in [1.82, 2.24) is 9.78 Å². The topological polar surface area (TPSA) is 43.8 Å². The predicted octanol–water partition coefficient (Wildman–Crippen LogP) is 1.64. The van der Waals surface area contributed by atoms with Gasteiger partial charge in [-0.15, -0.1) is 0 Å². The minimum Gasteiger partial charge on any atom is -0.381 e. The van der Waals surface area contributed by atoms with Crippen molar-refractivity contribution in [2.24, 2.45) is 5.92 Å². The molecular formula is C7H10BrN3. The number of nitrogen functional groups attached to an aromatic ring is 1. The molecule has 0 radical (unpaired) electrons. The van der Waals surface area contributed by atoms with E-state index in [-0.39, 0.29) is 0 Å². The molecule has 1 fully saturated rings. The average Bonchev–Trinajstić information content (AvgIpc) is 2.65. The molecule has 11 heavy (non-hydrogen) atoms. The van der Waals surface area contributed by atoms with Crippen molar-refractivity contribution in [2.45, 2.75) is 19.4 Å². The van der Waals surface area contributed by atoms with E-state index in [4.69, 9.17) is 5.73 Å². The van der Waals surface area contributed by atoms with E-state index in [0.29, 0.717) is 5.82 Å². The van der Waals surface area contributed by atoms with Crippen molar-refractivity contribution in [3.8, 4) is 0 Å². The Kier molecular flexibility index (Phi) is 1.64. The molecule has 0 amide bonds. The van der Waals surface area contributed by atoms with Gasteiger partial charge in [0.1, 0.15) is 0 Å². The number of nitrogens with two attached hydrogens (primary N) is 1. The van der Waals surface area contributed by atoms with Crippen LogP contribution in [0.5, 0.6) is 0 Å². The third-order valence-electron chi connectivity index (χ3n) is 1.89. The zero-order valence-electron chi connectivity index (χ0n) is 6.13. The average molecular weight is 216 g/mol. The van der Waals surface area contributed by atoms with Crippen LogP contribution in [0.3, 0.4) is 0 Å². The van der Waals surface area contributed by atoms with E-state index in [0.717, 1.165) is 16.9 Å². The lowest BCUT2D eigenvalue weighted by Gasteiger charge is -1.95. The highest BCUT2D eigenvalue weighted by molar-refractivity contribution is 9.10. The van der Waals surface area contributed by atoms with E-state index >= 15 is 0 Å². The van der Waals surface area contributed by atoms with Crippen LogP contribution in [0.4, 0.5) is 5.82 Å². The van der Waals surface area contributed by atoms with Gasteiger partial charge < -0.3 is 5.73 Å². The molecule has 1 aromatic rings. The molecule has 1 aliphatic rings. The van der Waals surface area contributed by atoms with Crippen LogP contribution >= 0.6 is 15.9 Å². The van der Waals surface area contributed by atoms with E-state index in [9.17, 15) is 0 Å². The molecule has 0 aliphatic heterocycles. The Bertz CT molecular complexity index is 245. The maximum Gasteiger partial charge on any atom is 0.159 e. The summed E-state index contributed by atoms with van der Waals surface area (Å²) in [4.78, 5) is 0. The summed E-state index contributed by atoms with van der Waals surface area (Å²) in [6.07, 6.45) is 4.63. The molecule has 1 heterocycles. The summed E-state index contributed by atoms with van der Waals surface area (Å²) in [7, 11) is 0. The smallest absolute Gasteiger partial charge is 0.159 e. The number of anilines is 1. The molecular weight excluding hydrogens is 206 g/mol. The highest BCUT2D eigenvalue weighted by Gasteiger charge is 2.22. The lowest BCUT2D eigenvalue weighted by Crippen LogP contribution is -2.00. The van der Waals surface area contributed by atoms with Gasteiger partial charge >= 0.3 is 0 Å². The summed E-state index contributed by atoms with van der Waals surface area (Å²) in [5.74, 6) is 1.44. The van der Waals surface area contributed by atoms with Crippen LogP contribution in [-0.2, 0) is 6.54 Å². The zero-order valence-corrected chi connectivity index (χ0v) is 7.71. The number of rotatable bonds is 2. The lowest BCUT2D eigenvalue weighted by molar-refractivity contribution is 0.565. The fraction of sp³-hybridized carbons (Fsp3) is 0.571. The first-order chi connectivity index (χ1) is 5.25. The van der Waals surface area contributed by atoms with Crippen LogP contribution in [0.25, 0.3) is 0 Å². The number of aromatic nitrogens is 2. The van der Waals surface area contributed by atoms with Crippen molar-refractivity contribution in [2.75, 3.05) is 5.73 Å². The molecule has 0 spiro atoms. The molecule has 0 saturated heterocycles. The molecule has 0 aromatic carbocycles. The Morgan fingerprint density at radius 2 is 2.45 bits per heavy atom. The third-order valence-corrected chi connectivity index (χ3v) is 2.50. The second kappa shape index (κ2) is 2.52. The Morgan fingerprint density at radius 1 is 1.73 bits per heavy atom. The first-order valence-corrected chi connectivity index (χ1v) is 4.53. The summed E-state index contributed by atoms with van der Waals surface area (Å²) >= 11 is 3.32. The Hall–Kier alpha value is -0.510. The number of halogens is 1. The number of hydrogen-bond donors (Lipinski definition) is 1. The van der Waals surface area contributed by atoms with E-state index in [1.54, 1.807) is 0 Å². The van der Waals surface area contributed by atoms with Crippen LogP contribution in [0.1, 0.15) is 12.8 Å². The van der Waals surface area contributed by atoms with Gasteiger partial charge in [-0.2, -0.15) is 5.10 Å². The maximum absolute atomic E-state index is 5.56. The van der Waals surface area contributed by atoms with Crippen molar-refractivity contribution >= 4 is 21.7 Å². The quantitative estimate of drug-likeness (QED) is 0.816. The number of nitrogens with zero attached hydrogens (tertiary/aromatic N) is 2.